The van der Waals surface area contributed by atoms with Gasteiger partial charge in [0.05, 0.1) is 10.6 Å². The number of hydrogen-bond donors (Lipinski definition) is 1. The van der Waals surface area contributed by atoms with Crippen LogP contribution in [0.5, 0.6) is 0 Å². The van der Waals surface area contributed by atoms with Crippen molar-refractivity contribution >= 4 is 34.8 Å². The zero-order chi connectivity index (χ0) is 15.2. The molecule has 0 aliphatic rings. The highest BCUT2D eigenvalue weighted by molar-refractivity contribution is 6.37. The van der Waals surface area contributed by atoms with Gasteiger partial charge in [-0.05, 0) is 48.7 Å². The molecule has 0 aliphatic heterocycles. The summed E-state index contributed by atoms with van der Waals surface area (Å²) in [5.74, 6) is -0.238. The summed E-state index contributed by atoms with van der Waals surface area (Å²) in [5.41, 5.74) is 2.45. The second-order valence-electron chi connectivity index (χ2n) is 4.88. The molecule has 0 atom stereocenters. The monoisotopic (exact) mass is 321 g/mol. The Morgan fingerprint density at radius 3 is 2.43 bits per heavy atom. The lowest BCUT2D eigenvalue weighted by Gasteiger charge is -2.08. The maximum atomic E-state index is 12.2. The van der Waals surface area contributed by atoms with E-state index in [1.54, 1.807) is 18.2 Å². The van der Waals surface area contributed by atoms with Crippen LogP contribution in [-0.2, 0) is 6.42 Å². The van der Waals surface area contributed by atoms with Crippen LogP contribution in [0.25, 0.3) is 0 Å². The molecule has 2 aromatic carbocycles. The SMILES string of the molecule is CCCCc1ccc(NC(=O)c2ccc(Cl)cc2Cl)cc1. The minimum Gasteiger partial charge on any atom is -0.322 e. The summed E-state index contributed by atoms with van der Waals surface area (Å²) in [6, 6.07) is 12.7. The van der Waals surface area contributed by atoms with Crippen LogP contribution in [0.15, 0.2) is 42.5 Å². The van der Waals surface area contributed by atoms with Crippen LogP contribution < -0.4 is 5.32 Å². The zero-order valence-corrected chi connectivity index (χ0v) is 13.3. The Labute approximate surface area is 135 Å². The van der Waals surface area contributed by atoms with Gasteiger partial charge in [-0.15, -0.1) is 0 Å². The second kappa shape index (κ2) is 7.48. The number of unbranched alkanes of at least 4 members (excludes halogenated alkanes) is 1. The molecular formula is C17H17Cl2NO. The van der Waals surface area contributed by atoms with Gasteiger partial charge >= 0.3 is 0 Å². The van der Waals surface area contributed by atoms with Crippen LogP contribution in [0.3, 0.4) is 0 Å². The molecule has 1 amide bonds. The molecule has 0 radical (unpaired) electrons. The van der Waals surface area contributed by atoms with Gasteiger partial charge in [-0.1, -0.05) is 48.7 Å². The van der Waals surface area contributed by atoms with E-state index in [-0.39, 0.29) is 5.91 Å². The van der Waals surface area contributed by atoms with E-state index >= 15 is 0 Å². The molecule has 2 rings (SSSR count). The van der Waals surface area contributed by atoms with E-state index in [4.69, 9.17) is 23.2 Å². The summed E-state index contributed by atoms with van der Waals surface area (Å²) >= 11 is 11.9. The summed E-state index contributed by atoms with van der Waals surface area (Å²) in [6.07, 6.45) is 3.41. The van der Waals surface area contributed by atoms with Gasteiger partial charge in [0.15, 0.2) is 0 Å². The van der Waals surface area contributed by atoms with Crippen LogP contribution in [-0.4, -0.2) is 5.91 Å². The van der Waals surface area contributed by atoms with Gasteiger partial charge in [-0.25, -0.2) is 0 Å². The molecule has 0 aliphatic carbocycles. The van der Waals surface area contributed by atoms with Crippen molar-refractivity contribution in [3.63, 3.8) is 0 Å². The topological polar surface area (TPSA) is 29.1 Å². The normalized spacial score (nSPS) is 10.4. The van der Waals surface area contributed by atoms with Crippen LogP contribution >= 0.6 is 23.2 Å². The molecule has 0 unspecified atom stereocenters. The largest absolute Gasteiger partial charge is 0.322 e. The van der Waals surface area contributed by atoms with Crippen LogP contribution in [0.1, 0.15) is 35.7 Å². The predicted octanol–water partition coefficient (Wildman–Crippen LogP) is 5.59. The lowest BCUT2D eigenvalue weighted by Crippen LogP contribution is -2.12. The maximum absolute atomic E-state index is 12.2. The number of aryl methyl sites for hydroxylation is 1. The summed E-state index contributed by atoms with van der Waals surface area (Å²) in [4.78, 5) is 12.2. The van der Waals surface area contributed by atoms with Gasteiger partial charge in [-0.3, -0.25) is 4.79 Å². The van der Waals surface area contributed by atoms with Crippen LogP contribution in [0.4, 0.5) is 5.69 Å². The van der Waals surface area contributed by atoms with E-state index in [0.29, 0.717) is 15.6 Å². The molecule has 0 bridgehead atoms. The molecule has 0 fully saturated rings. The van der Waals surface area contributed by atoms with Gasteiger partial charge < -0.3 is 5.32 Å². The summed E-state index contributed by atoms with van der Waals surface area (Å²) in [6.45, 7) is 2.17. The van der Waals surface area contributed by atoms with E-state index in [1.807, 2.05) is 24.3 Å². The van der Waals surface area contributed by atoms with Crippen LogP contribution in [0, 0.1) is 0 Å². The van der Waals surface area contributed by atoms with Crippen molar-refractivity contribution in [2.75, 3.05) is 5.32 Å². The van der Waals surface area contributed by atoms with Crippen molar-refractivity contribution in [3.8, 4) is 0 Å². The first-order chi connectivity index (χ1) is 10.1. The number of amides is 1. The highest BCUT2D eigenvalue weighted by Crippen LogP contribution is 2.22. The van der Waals surface area contributed by atoms with Crippen molar-refractivity contribution in [1.82, 2.24) is 0 Å². The molecule has 0 saturated heterocycles. The number of benzene rings is 2. The first-order valence-electron chi connectivity index (χ1n) is 6.95. The summed E-state index contributed by atoms with van der Waals surface area (Å²) < 4.78 is 0. The average Bonchev–Trinajstić information content (AvgIpc) is 2.46. The standard InChI is InChI=1S/C17H17Cl2NO/c1-2-3-4-12-5-8-14(9-6-12)20-17(21)15-10-7-13(18)11-16(15)19/h5-11H,2-4H2,1H3,(H,20,21). The smallest absolute Gasteiger partial charge is 0.257 e. The molecule has 0 spiro atoms. The molecule has 0 aromatic heterocycles. The Kier molecular flexibility index (Phi) is 5.66. The Bertz CT molecular complexity index is 623. The fourth-order valence-electron chi connectivity index (χ4n) is 2.01. The van der Waals surface area contributed by atoms with E-state index in [9.17, 15) is 4.79 Å². The third-order valence-corrected chi connectivity index (χ3v) is 3.75. The zero-order valence-electron chi connectivity index (χ0n) is 11.8. The van der Waals surface area contributed by atoms with Gasteiger partial charge in [0.25, 0.3) is 5.91 Å². The number of halogens is 2. The quantitative estimate of drug-likeness (QED) is 0.764. The highest BCUT2D eigenvalue weighted by Gasteiger charge is 2.10. The van der Waals surface area contributed by atoms with Crippen molar-refractivity contribution in [2.24, 2.45) is 0 Å². The number of carbonyl (C=O) groups is 1. The van der Waals surface area contributed by atoms with E-state index in [1.165, 1.54) is 18.4 Å². The van der Waals surface area contributed by atoms with Crippen molar-refractivity contribution in [2.45, 2.75) is 26.2 Å². The lowest BCUT2D eigenvalue weighted by atomic mass is 10.1. The molecule has 4 heteroatoms. The summed E-state index contributed by atoms with van der Waals surface area (Å²) in [5, 5.41) is 3.69. The fraction of sp³-hybridized carbons (Fsp3) is 0.235. The van der Waals surface area contributed by atoms with Crippen LogP contribution in [0.2, 0.25) is 10.0 Å². The molecule has 0 saturated carbocycles. The van der Waals surface area contributed by atoms with Gasteiger partial charge in [0.1, 0.15) is 0 Å². The Morgan fingerprint density at radius 2 is 1.81 bits per heavy atom. The number of hydrogen-bond acceptors (Lipinski definition) is 1. The van der Waals surface area contributed by atoms with Crippen molar-refractivity contribution in [1.29, 1.82) is 0 Å². The van der Waals surface area contributed by atoms with Gasteiger partial charge in [-0.2, -0.15) is 0 Å². The van der Waals surface area contributed by atoms with E-state index in [2.05, 4.69) is 12.2 Å². The fourth-order valence-corrected chi connectivity index (χ4v) is 2.50. The Hall–Kier alpha value is -1.51. The Balaban J connectivity index is 2.05. The maximum Gasteiger partial charge on any atom is 0.257 e. The van der Waals surface area contributed by atoms with Gasteiger partial charge in [0, 0.05) is 10.7 Å². The molecule has 2 aromatic rings. The highest BCUT2D eigenvalue weighted by atomic mass is 35.5. The molecule has 2 nitrogen and oxygen atoms in total. The average molecular weight is 322 g/mol. The second-order valence-corrected chi connectivity index (χ2v) is 5.72. The third-order valence-electron chi connectivity index (χ3n) is 3.21. The van der Waals surface area contributed by atoms with E-state index < -0.39 is 0 Å². The number of anilines is 1. The molecular weight excluding hydrogens is 305 g/mol. The van der Waals surface area contributed by atoms with E-state index in [0.717, 1.165) is 12.1 Å². The molecule has 1 N–H and O–H groups in total. The lowest BCUT2D eigenvalue weighted by molar-refractivity contribution is 0.102. The van der Waals surface area contributed by atoms with Gasteiger partial charge in [0.2, 0.25) is 0 Å². The summed E-state index contributed by atoms with van der Waals surface area (Å²) in [7, 11) is 0. The molecule has 21 heavy (non-hydrogen) atoms. The molecule has 110 valence electrons. The third kappa shape index (κ3) is 4.48. The van der Waals surface area contributed by atoms with Crippen molar-refractivity contribution < 1.29 is 4.79 Å². The Morgan fingerprint density at radius 1 is 1.10 bits per heavy atom. The first-order valence-corrected chi connectivity index (χ1v) is 7.71. The predicted molar refractivity (Wildman–Crippen MR) is 89.5 cm³/mol. The minimum absolute atomic E-state index is 0.238. The van der Waals surface area contributed by atoms with Crippen molar-refractivity contribution in [3.05, 3.63) is 63.6 Å². The number of carbonyl (C=O) groups excluding carboxylic acids is 1. The molecule has 0 heterocycles. The number of nitrogens with one attached hydrogen (secondary N) is 1. The number of rotatable bonds is 5. The first kappa shape index (κ1) is 15.9. The minimum atomic E-state index is -0.238.